The third-order valence-electron chi connectivity index (χ3n) is 3.22. The molecule has 0 saturated carbocycles. The van der Waals surface area contributed by atoms with Crippen molar-refractivity contribution < 1.29 is 4.74 Å². The Morgan fingerprint density at radius 2 is 2.09 bits per heavy atom. The fraction of sp³-hybridized carbons (Fsp3) is 0.235. The number of hydrogen-bond acceptors (Lipinski definition) is 3. The highest BCUT2D eigenvalue weighted by Gasteiger charge is 2.10. The second-order valence-corrected chi connectivity index (χ2v) is 7.07. The molecule has 0 bridgehead atoms. The number of ether oxygens (including phenoxy) is 1. The zero-order valence-electron chi connectivity index (χ0n) is 12.9. The molecule has 0 fully saturated rings. The number of hydrogen-bond donors (Lipinski definition) is 1. The third-order valence-corrected chi connectivity index (χ3v) is 4.83. The van der Waals surface area contributed by atoms with E-state index in [4.69, 9.17) is 28.6 Å². The molecule has 1 aromatic heterocycles. The smallest absolute Gasteiger partial charge is 0.169 e. The van der Waals surface area contributed by atoms with Crippen molar-refractivity contribution in [3.8, 4) is 5.75 Å². The first kappa shape index (κ1) is 17.8. The molecule has 0 aliphatic heterocycles. The topological polar surface area (TPSA) is 24.5 Å². The van der Waals surface area contributed by atoms with Crippen LogP contribution in [0.4, 0.5) is 0 Å². The van der Waals surface area contributed by atoms with Crippen LogP contribution in [0.1, 0.15) is 10.4 Å². The van der Waals surface area contributed by atoms with Crippen molar-refractivity contribution in [1.82, 2.24) is 10.2 Å². The van der Waals surface area contributed by atoms with Crippen LogP contribution in [-0.4, -0.2) is 23.7 Å². The van der Waals surface area contributed by atoms with Gasteiger partial charge < -0.3 is 15.0 Å². The molecule has 0 atom stereocenters. The van der Waals surface area contributed by atoms with Gasteiger partial charge >= 0.3 is 0 Å². The Balaban J connectivity index is 1.92. The monoisotopic (exact) mass is 366 g/mol. The average molecular weight is 367 g/mol. The molecule has 0 aliphatic carbocycles. The highest BCUT2D eigenvalue weighted by molar-refractivity contribution is 7.80. The molecular weight excluding hydrogens is 348 g/mol. The SMILES string of the molecule is C=CCN(Cc1ccc(Cl)s1)C(=S)NCc1ccc(OC)cc1. The number of thiophene rings is 1. The molecule has 1 heterocycles. The fourth-order valence-electron chi connectivity index (χ4n) is 2.03. The fourth-order valence-corrected chi connectivity index (χ4v) is 3.35. The Bertz CT molecular complexity index is 655. The lowest BCUT2D eigenvalue weighted by molar-refractivity contribution is 0.414. The molecule has 0 spiro atoms. The lowest BCUT2D eigenvalue weighted by Gasteiger charge is -2.24. The van der Waals surface area contributed by atoms with Crippen LogP contribution in [0.3, 0.4) is 0 Å². The molecule has 23 heavy (non-hydrogen) atoms. The summed E-state index contributed by atoms with van der Waals surface area (Å²) >= 11 is 13.1. The lowest BCUT2D eigenvalue weighted by atomic mass is 10.2. The highest BCUT2D eigenvalue weighted by atomic mass is 35.5. The molecule has 0 aliphatic rings. The molecule has 0 saturated heterocycles. The van der Waals surface area contributed by atoms with Crippen molar-refractivity contribution in [2.45, 2.75) is 13.1 Å². The van der Waals surface area contributed by atoms with Crippen molar-refractivity contribution >= 4 is 40.3 Å². The van der Waals surface area contributed by atoms with Gasteiger partial charge in [0.15, 0.2) is 5.11 Å². The van der Waals surface area contributed by atoms with E-state index in [1.165, 1.54) is 4.88 Å². The molecule has 0 unspecified atom stereocenters. The van der Waals surface area contributed by atoms with Crippen molar-refractivity contribution in [1.29, 1.82) is 0 Å². The van der Waals surface area contributed by atoms with Gasteiger partial charge in [0.1, 0.15) is 5.75 Å². The number of thiocarbonyl (C=S) groups is 1. The molecule has 1 N–H and O–H groups in total. The van der Waals surface area contributed by atoms with E-state index in [1.807, 2.05) is 42.5 Å². The van der Waals surface area contributed by atoms with E-state index < -0.39 is 0 Å². The molecule has 2 rings (SSSR count). The quantitative estimate of drug-likeness (QED) is 0.577. The number of nitrogens with zero attached hydrogens (tertiary/aromatic N) is 1. The van der Waals surface area contributed by atoms with Crippen LogP contribution >= 0.6 is 35.2 Å². The zero-order valence-corrected chi connectivity index (χ0v) is 15.3. The molecule has 122 valence electrons. The maximum atomic E-state index is 5.99. The van der Waals surface area contributed by atoms with Crippen LogP contribution in [0.2, 0.25) is 4.34 Å². The zero-order chi connectivity index (χ0) is 16.7. The van der Waals surface area contributed by atoms with Crippen LogP contribution in [-0.2, 0) is 13.1 Å². The van der Waals surface area contributed by atoms with Gasteiger partial charge in [-0.1, -0.05) is 29.8 Å². The molecule has 0 amide bonds. The van der Waals surface area contributed by atoms with Crippen LogP contribution < -0.4 is 10.1 Å². The number of rotatable bonds is 7. The van der Waals surface area contributed by atoms with E-state index in [1.54, 1.807) is 18.4 Å². The first-order valence-corrected chi connectivity index (χ1v) is 8.73. The van der Waals surface area contributed by atoms with E-state index in [-0.39, 0.29) is 0 Å². The van der Waals surface area contributed by atoms with Gasteiger partial charge in [-0.25, -0.2) is 0 Å². The summed E-state index contributed by atoms with van der Waals surface area (Å²) in [6.07, 6.45) is 1.84. The largest absolute Gasteiger partial charge is 0.497 e. The van der Waals surface area contributed by atoms with Crippen LogP contribution in [0, 0.1) is 0 Å². The number of benzene rings is 1. The summed E-state index contributed by atoms with van der Waals surface area (Å²) in [6.45, 7) is 5.87. The minimum Gasteiger partial charge on any atom is -0.497 e. The van der Waals surface area contributed by atoms with Crippen LogP contribution in [0.25, 0.3) is 0 Å². The van der Waals surface area contributed by atoms with Crippen LogP contribution in [0.5, 0.6) is 5.75 Å². The summed E-state index contributed by atoms with van der Waals surface area (Å²) in [6, 6.07) is 11.8. The second kappa shape index (κ2) is 8.91. The molecule has 0 radical (unpaired) electrons. The van der Waals surface area contributed by atoms with Crippen molar-refractivity contribution in [3.05, 3.63) is 63.8 Å². The summed E-state index contributed by atoms with van der Waals surface area (Å²) in [5, 5.41) is 3.99. The average Bonchev–Trinajstić information content (AvgIpc) is 2.97. The van der Waals surface area contributed by atoms with Gasteiger partial charge in [-0.15, -0.1) is 17.9 Å². The molecule has 1 aromatic carbocycles. The Hall–Kier alpha value is -1.56. The minimum absolute atomic E-state index is 0.668. The summed E-state index contributed by atoms with van der Waals surface area (Å²) in [5.41, 5.74) is 1.14. The number of nitrogens with one attached hydrogen (secondary N) is 1. The molecule has 3 nitrogen and oxygen atoms in total. The standard InChI is InChI=1S/C17H19ClN2OS2/c1-3-10-20(12-15-8-9-16(18)23-15)17(22)19-11-13-4-6-14(21-2)7-5-13/h3-9H,1,10-12H2,2H3,(H,19,22). The maximum absolute atomic E-state index is 5.99. The summed E-state index contributed by atoms with van der Waals surface area (Å²) in [4.78, 5) is 3.24. The predicted molar refractivity (Wildman–Crippen MR) is 102 cm³/mol. The van der Waals surface area contributed by atoms with E-state index >= 15 is 0 Å². The summed E-state index contributed by atoms with van der Waals surface area (Å²) < 4.78 is 5.95. The Morgan fingerprint density at radius 3 is 2.65 bits per heavy atom. The first-order chi connectivity index (χ1) is 11.1. The third kappa shape index (κ3) is 5.53. The summed E-state index contributed by atoms with van der Waals surface area (Å²) in [7, 11) is 1.66. The van der Waals surface area contributed by atoms with Gasteiger partial charge in [0.05, 0.1) is 18.0 Å². The molecular formula is C17H19ClN2OS2. The van der Waals surface area contributed by atoms with Gasteiger partial charge in [0.25, 0.3) is 0 Å². The van der Waals surface area contributed by atoms with Crippen molar-refractivity contribution in [2.24, 2.45) is 0 Å². The van der Waals surface area contributed by atoms with Crippen molar-refractivity contribution in [3.63, 3.8) is 0 Å². The normalized spacial score (nSPS) is 10.2. The van der Waals surface area contributed by atoms with E-state index in [0.717, 1.165) is 22.2 Å². The maximum Gasteiger partial charge on any atom is 0.169 e. The minimum atomic E-state index is 0.668. The number of halogens is 1. The Morgan fingerprint density at radius 1 is 1.35 bits per heavy atom. The second-order valence-electron chi connectivity index (χ2n) is 4.88. The Kier molecular flexibility index (Phi) is 6.89. The van der Waals surface area contributed by atoms with Gasteiger partial charge in [0, 0.05) is 18.0 Å². The van der Waals surface area contributed by atoms with Crippen molar-refractivity contribution in [2.75, 3.05) is 13.7 Å². The van der Waals surface area contributed by atoms with E-state index in [0.29, 0.717) is 18.2 Å². The molecule has 2 aromatic rings. The Labute approximate surface area is 151 Å². The van der Waals surface area contributed by atoms with E-state index in [9.17, 15) is 0 Å². The highest BCUT2D eigenvalue weighted by Crippen LogP contribution is 2.22. The lowest BCUT2D eigenvalue weighted by Crippen LogP contribution is -2.38. The van der Waals surface area contributed by atoms with Gasteiger partial charge in [-0.2, -0.15) is 0 Å². The predicted octanol–water partition coefficient (Wildman–Crippen LogP) is 4.47. The molecule has 6 heteroatoms. The van der Waals surface area contributed by atoms with Crippen LogP contribution in [0.15, 0.2) is 49.1 Å². The van der Waals surface area contributed by atoms with Gasteiger partial charge in [0.2, 0.25) is 0 Å². The summed E-state index contributed by atoms with van der Waals surface area (Å²) in [5.74, 6) is 0.846. The van der Waals surface area contributed by atoms with Gasteiger partial charge in [-0.05, 0) is 42.0 Å². The van der Waals surface area contributed by atoms with E-state index in [2.05, 4.69) is 16.8 Å². The first-order valence-electron chi connectivity index (χ1n) is 7.13. The number of methoxy groups -OCH3 is 1. The van der Waals surface area contributed by atoms with Gasteiger partial charge in [-0.3, -0.25) is 0 Å².